The molecule has 27 heavy (non-hydrogen) atoms. The van der Waals surface area contributed by atoms with E-state index in [9.17, 15) is 14.4 Å². The molecule has 4 N–H and O–H groups in total. The maximum Gasteiger partial charge on any atom is 0.322 e. The lowest BCUT2D eigenvalue weighted by Gasteiger charge is -2.33. The van der Waals surface area contributed by atoms with Gasteiger partial charge >= 0.3 is 6.03 Å². The molecule has 2 aromatic rings. The molecule has 1 aliphatic carbocycles. The Labute approximate surface area is 155 Å². The van der Waals surface area contributed by atoms with Crippen LogP contribution < -0.4 is 16.0 Å². The molecular weight excluding hydrogens is 348 g/mol. The first-order valence-electron chi connectivity index (χ1n) is 8.98. The highest BCUT2D eigenvalue weighted by Gasteiger charge is 2.52. The number of rotatable bonds is 3. The second-order valence-corrected chi connectivity index (χ2v) is 6.92. The number of amides is 4. The van der Waals surface area contributed by atoms with E-state index in [0.717, 1.165) is 30.4 Å². The molecule has 2 atom stereocenters. The summed E-state index contributed by atoms with van der Waals surface area (Å²) in [5, 5.41) is 14.6. The Morgan fingerprint density at radius 3 is 2.70 bits per heavy atom. The van der Waals surface area contributed by atoms with E-state index in [1.165, 1.54) is 0 Å². The maximum absolute atomic E-state index is 12.7. The third-order valence-electron chi connectivity index (χ3n) is 5.26. The molecule has 2 aromatic heterocycles. The number of hydrogen-bond acceptors (Lipinski definition) is 5. The van der Waals surface area contributed by atoms with Crippen LogP contribution in [0.1, 0.15) is 42.6 Å². The average Bonchev–Trinajstić information content (AvgIpc) is 3.24. The largest absolute Gasteiger partial charge is 0.345 e. The Morgan fingerprint density at radius 2 is 2.04 bits per heavy atom. The number of carbonyl (C=O) groups excluding carboxylic acids is 3. The quantitative estimate of drug-likeness (QED) is 0.603. The number of urea groups is 1. The Balaban J connectivity index is 1.53. The maximum atomic E-state index is 12.7. The highest BCUT2D eigenvalue weighted by atomic mass is 16.2. The fourth-order valence-electron chi connectivity index (χ4n) is 3.81. The summed E-state index contributed by atoms with van der Waals surface area (Å²) in [5.41, 5.74) is 0.891. The van der Waals surface area contributed by atoms with E-state index < -0.39 is 17.6 Å². The predicted octanol–water partition coefficient (Wildman–Crippen LogP) is 1.11. The third kappa shape index (κ3) is 3.16. The Morgan fingerprint density at radius 1 is 1.15 bits per heavy atom. The number of aromatic nitrogens is 3. The van der Waals surface area contributed by atoms with E-state index in [4.69, 9.17) is 0 Å². The van der Waals surface area contributed by atoms with Crippen LogP contribution in [0, 0.1) is 0 Å². The summed E-state index contributed by atoms with van der Waals surface area (Å²) in [6.07, 6.45) is 8.79. The summed E-state index contributed by atoms with van der Waals surface area (Å²) in [7, 11) is 0. The van der Waals surface area contributed by atoms with Gasteiger partial charge in [-0.3, -0.25) is 25.0 Å². The van der Waals surface area contributed by atoms with Gasteiger partial charge in [-0.05, 0) is 18.9 Å². The lowest BCUT2D eigenvalue weighted by atomic mass is 9.85. The number of H-pyrrole nitrogens is 1. The van der Waals surface area contributed by atoms with Crippen LogP contribution in [0.15, 0.2) is 30.7 Å². The van der Waals surface area contributed by atoms with E-state index >= 15 is 0 Å². The molecule has 3 heterocycles. The Kier molecular flexibility index (Phi) is 4.35. The number of imide groups is 1. The van der Waals surface area contributed by atoms with Crippen molar-refractivity contribution in [2.45, 2.75) is 43.7 Å². The second kappa shape index (κ2) is 6.82. The molecule has 2 aliphatic rings. The predicted molar refractivity (Wildman–Crippen MR) is 95.6 cm³/mol. The van der Waals surface area contributed by atoms with Crippen molar-refractivity contribution in [2.24, 2.45) is 0 Å². The molecule has 9 nitrogen and oxygen atoms in total. The average molecular weight is 368 g/mol. The summed E-state index contributed by atoms with van der Waals surface area (Å²) in [6, 6.07) is 2.44. The van der Waals surface area contributed by atoms with Crippen LogP contribution in [0.25, 0.3) is 11.1 Å². The molecule has 1 spiro atoms. The van der Waals surface area contributed by atoms with Crippen LogP contribution in [0.2, 0.25) is 0 Å². The monoisotopic (exact) mass is 368 g/mol. The van der Waals surface area contributed by atoms with Crippen LogP contribution in [-0.4, -0.2) is 44.6 Å². The van der Waals surface area contributed by atoms with Crippen molar-refractivity contribution in [3.05, 3.63) is 36.4 Å². The molecule has 1 saturated carbocycles. The fourth-order valence-corrected chi connectivity index (χ4v) is 3.81. The third-order valence-corrected chi connectivity index (χ3v) is 5.26. The number of aromatic amines is 1. The summed E-state index contributed by atoms with van der Waals surface area (Å²) in [4.78, 5) is 41.1. The Bertz CT molecular complexity index is 864. The normalized spacial score (nSPS) is 25.0. The zero-order valence-corrected chi connectivity index (χ0v) is 14.6. The van der Waals surface area contributed by atoms with Gasteiger partial charge in [0.05, 0.1) is 12.2 Å². The standard InChI is InChI=1S/C18H20N6O3/c25-15(13-6-5-11(8-19-13)12-9-20-21-10-12)22-14-4-2-1-3-7-18(14)16(26)23-17(27)24-18/h5-6,8-10,14H,1-4,7H2,(H,20,21)(H,22,25)(H2,23,24,26,27). The minimum atomic E-state index is -1.08. The van der Waals surface area contributed by atoms with Gasteiger partial charge in [0.1, 0.15) is 11.2 Å². The highest BCUT2D eigenvalue weighted by molar-refractivity contribution is 6.08. The molecule has 9 heteroatoms. The molecule has 0 bridgehead atoms. The van der Waals surface area contributed by atoms with Gasteiger partial charge < -0.3 is 10.6 Å². The van der Waals surface area contributed by atoms with E-state index in [1.54, 1.807) is 30.7 Å². The van der Waals surface area contributed by atoms with Crippen molar-refractivity contribution in [3.8, 4) is 11.1 Å². The minimum absolute atomic E-state index is 0.256. The first kappa shape index (κ1) is 17.2. The van der Waals surface area contributed by atoms with E-state index in [0.29, 0.717) is 12.8 Å². The smallest absolute Gasteiger partial charge is 0.322 e. The molecule has 4 rings (SSSR count). The molecular formula is C18H20N6O3. The lowest BCUT2D eigenvalue weighted by Crippen LogP contribution is -2.62. The second-order valence-electron chi connectivity index (χ2n) is 6.92. The van der Waals surface area contributed by atoms with Gasteiger partial charge in [-0.2, -0.15) is 5.10 Å². The zero-order chi connectivity index (χ0) is 18.9. The van der Waals surface area contributed by atoms with Gasteiger partial charge in [0, 0.05) is 23.5 Å². The fraction of sp³-hybridized carbons (Fsp3) is 0.389. The molecule has 0 aromatic carbocycles. The van der Waals surface area contributed by atoms with Crippen LogP contribution in [0.4, 0.5) is 4.79 Å². The number of carbonyl (C=O) groups is 3. The number of nitrogens with one attached hydrogen (secondary N) is 4. The number of nitrogens with zero attached hydrogens (tertiary/aromatic N) is 2. The van der Waals surface area contributed by atoms with E-state index in [1.807, 2.05) is 0 Å². The SMILES string of the molecule is O=C1NC(=O)C2(CCCCCC2NC(=O)c2ccc(-c3cn[nH]c3)cn2)N1. The molecule has 2 unspecified atom stereocenters. The van der Waals surface area contributed by atoms with Gasteiger partial charge in [0.2, 0.25) is 0 Å². The van der Waals surface area contributed by atoms with Crippen molar-refractivity contribution in [3.63, 3.8) is 0 Å². The lowest BCUT2D eigenvalue weighted by molar-refractivity contribution is -0.125. The molecule has 1 aliphatic heterocycles. The van der Waals surface area contributed by atoms with Crippen LogP contribution >= 0.6 is 0 Å². The summed E-state index contributed by atoms with van der Waals surface area (Å²) in [6.45, 7) is 0. The first-order chi connectivity index (χ1) is 13.1. The summed E-state index contributed by atoms with van der Waals surface area (Å²) < 4.78 is 0. The molecule has 2 fully saturated rings. The van der Waals surface area contributed by atoms with E-state index in [2.05, 4.69) is 31.1 Å². The number of hydrogen-bond donors (Lipinski definition) is 4. The van der Waals surface area contributed by atoms with Gasteiger partial charge in [0.15, 0.2) is 0 Å². The van der Waals surface area contributed by atoms with Crippen molar-refractivity contribution < 1.29 is 14.4 Å². The van der Waals surface area contributed by atoms with E-state index in [-0.39, 0.29) is 17.5 Å². The molecule has 140 valence electrons. The Hall–Kier alpha value is -3.23. The van der Waals surface area contributed by atoms with Crippen molar-refractivity contribution in [1.29, 1.82) is 0 Å². The zero-order valence-electron chi connectivity index (χ0n) is 14.6. The van der Waals surface area contributed by atoms with Crippen LogP contribution in [0.5, 0.6) is 0 Å². The van der Waals surface area contributed by atoms with Gasteiger partial charge in [-0.25, -0.2) is 4.79 Å². The topological polar surface area (TPSA) is 129 Å². The number of pyridine rings is 1. The first-order valence-corrected chi connectivity index (χ1v) is 8.98. The highest BCUT2D eigenvalue weighted by Crippen LogP contribution is 2.30. The van der Waals surface area contributed by atoms with Crippen LogP contribution in [0.3, 0.4) is 0 Å². The van der Waals surface area contributed by atoms with Crippen molar-refractivity contribution in [2.75, 3.05) is 0 Å². The van der Waals surface area contributed by atoms with Gasteiger partial charge in [-0.15, -0.1) is 0 Å². The van der Waals surface area contributed by atoms with Crippen molar-refractivity contribution in [1.82, 2.24) is 31.1 Å². The molecule has 1 saturated heterocycles. The summed E-state index contributed by atoms with van der Waals surface area (Å²) in [5.74, 6) is -0.739. The summed E-state index contributed by atoms with van der Waals surface area (Å²) >= 11 is 0. The van der Waals surface area contributed by atoms with Crippen molar-refractivity contribution >= 4 is 17.8 Å². The molecule has 4 amide bonds. The van der Waals surface area contributed by atoms with Gasteiger partial charge in [-0.1, -0.05) is 25.3 Å². The molecule has 0 radical (unpaired) electrons. The minimum Gasteiger partial charge on any atom is -0.345 e. The van der Waals surface area contributed by atoms with Crippen LogP contribution in [-0.2, 0) is 4.79 Å². The van der Waals surface area contributed by atoms with Gasteiger partial charge in [0.25, 0.3) is 11.8 Å².